The number of benzene rings is 1. The largest absolute Gasteiger partial charge is 0.465 e. The van der Waals surface area contributed by atoms with E-state index in [1.807, 2.05) is 25.1 Å². The van der Waals surface area contributed by atoms with Gasteiger partial charge in [0.25, 0.3) is 0 Å². The summed E-state index contributed by atoms with van der Waals surface area (Å²) < 4.78 is 5.08. The molecule has 1 aromatic carbocycles. The van der Waals surface area contributed by atoms with Gasteiger partial charge in [0.1, 0.15) is 5.92 Å². The van der Waals surface area contributed by atoms with Gasteiger partial charge in [0.15, 0.2) is 0 Å². The number of aliphatic hydroxyl groups is 1. The van der Waals surface area contributed by atoms with Gasteiger partial charge in [-0.2, -0.15) is 0 Å². The second-order valence-electron chi connectivity index (χ2n) is 5.33. The van der Waals surface area contributed by atoms with Gasteiger partial charge in [-0.05, 0) is 43.9 Å². The van der Waals surface area contributed by atoms with E-state index in [0.717, 1.165) is 24.8 Å². The lowest BCUT2D eigenvalue weighted by Gasteiger charge is -2.18. The summed E-state index contributed by atoms with van der Waals surface area (Å²) in [4.78, 5) is 12.1. The second-order valence-corrected chi connectivity index (χ2v) is 5.33. The lowest BCUT2D eigenvalue weighted by molar-refractivity contribution is -0.149. The molecule has 3 heteroatoms. The Kier molecular flexibility index (Phi) is 8.27. The van der Waals surface area contributed by atoms with E-state index in [0.29, 0.717) is 12.2 Å². The number of carbonyl (C=O) groups excluding carboxylic acids is 1. The molecule has 0 aliphatic carbocycles. The maximum absolute atomic E-state index is 12.1. The Balaban J connectivity index is 2.98. The van der Waals surface area contributed by atoms with Crippen LogP contribution in [0.4, 0.5) is 0 Å². The Morgan fingerprint density at radius 3 is 2.59 bits per heavy atom. The molecule has 120 valence electrons. The Bertz CT molecular complexity index is 513. The summed E-state index contributed by atoms with van der Waals surface area (Å²) in [5.74, 6) is -1.16. The molecule has 1 rings (SSSR count). The number of unbranched alkanes of at least 4 members (excludes halogenated alkanes) is 1. The molecule has 0 radical (unpaired) electrons. The Hall–Kier alpha value is -1.83. The van der Waals surface area contributed by atoms with Gasteiger partial charge in [-0.15, -0.1) is 5.73 Å². The maximum atomic E-state index is 12.1. The molecule has 0 spiro atoms. The zero-order valence-electron chi connectivity index (χ0n) is 13.7. The van der Waals surface area contributed by atoms with Crippen LogP contribution in [0.5, 0.6) is 0 Å². The molecule has 1 aromatic rings. The number of hydrogen-bond donors (Lipinski definition) is 1. The van der Waals surface area contributed by atoms with Crippen LogP contribution in [-0.2, 0) is 9.53 Å². The average molecular weight is 302 g/mol. The molecule has 3 nitrogen and oxygen atoms in total. The first kappa shape index (κ1) is 18.2. The van der Waals surface area contributed by atoms with Crippen LogP contribution in [0, 0.1) is 5.92 Å². The molecule has 0 amide bonds. The minimum Gasteiger partial charge on any atom is -0.465 e. The first-order valence-corrected chi connectivity index (χ1v) is 7.92. The van der Waals surface area contributed by atoms with Crippen LogP contribution in [0.1, 0.15) is 51.7 Å². The first-order chi connectivity index (χ1) is 10.6. The fraction of sp³-hybridized carbons (Fsp3) is 0.474. The number of carbonyl (C=O) groups is 1. The third kappa shape index (κ3) is 5.88. The zero-order valence-corrected chi connectivity index (χ0v) is 13.7. The van der Waals surface area contributed by atoms with Crippen LogP contribution >= 0.6 is 0 Å². The topological polar surface area (TPSA) is 46.5 Å². The van der Waals surface area contributed by atoms with Gasteiger partial charge in [0.05, 0.1) is 12.7 Å². The fourth-order valence-electron chi connectivity index (χ4n) is 2.13. The van der Waals surface area contributed by atoms with Gasteiger partial charge >= 0.3 is 5.97 Å². The predicted octanol–water partition coefficient (Wildman–Crippen LogP) is 4.19. The molecular weight excluding hydrogens is 276 g/mol. The molecule has 2 unspecified atom stereocenters. The molecule has 0 aliphatic rings. The van der Waals surface area contributed by atoms with Gasteiger partial charge in [-0.1, -0.05) is 43.7 Å². The maximum Gasteiger partial charge on any atom is 0.316 e. The van der Waals surface area contributed by atoms with Gasteiger partial charge in [-0.25, -0.2) is 0 Å². The average Bonchev–Trinajstić information content (AvgIpc) is 2.54. The lowest BCUT2D eigenvalue weighted by atomic mass is 9.95. The molecule has 0 fully saturated rings. The smallest absolute Gasteiger partial charge is 0.316 e. The van der Waals surface area contributed by atoms with Crippen molar-refractivity contribution in [1.82, 2.24) is 0 Å². The van der Waals surface area contributed by atoms with Crippen molar-refractivity contribution >= 4 is 5.97 Å². The van der Waals surface area contributed by atoms with Crippen LogP contribution in [0.2, 0.25) is 0 Å². The minimum atomic E-state index is -0.924. The lowest BCUT2D eigenvalue weighted by Crippen LogP contribution is -2.22. The predicted molar refractivity (Wildman–Crippen MR) is 88.3 cm³/mol. The second kappa shape index (κ2) is 9.99. The molecular formula is C19H26O3. The molecule has 1 N–H and O–H groups in total. The Morgan fingerprint density at radius 1 is 1.32 bits per heavy atom. The highest BCUT2D eigenvalue weighted by Crippen LogP contribution is 2.24. The Morgan fingerprint density at radius 2 is 2.00 bits per heavy atom. The van der Waals surface area contributed by atoms with Crippen molar-refractivity contribution in [2.45, 2.75) is 46.1 Å². The van der Waals surface area contributed by atoms with Crippen LogP contribution < -0.4 is 0 Å². The molecule has 0 heterocycles. The first-order valence-electron chi connectivity index (χ1n) is 7.92. The molecule has 0 aromatic heterocycles. The van der Waals surface area contributed by atoms with E-state index in [-0.39, 0.29) is 0 Å². The van der Waals surface area contributed by atoms with Gasteiger partial charge in [0.2, 0.25) is 0 Å². The normalized spacial score (nSPS) is 12.9. The van der Waals surface area contributed by atoms with E-state index in [2.05, 4.69) is 12.7 Å². The fourth-order valence-corrected chi connectivity index (χ4v) is 2.13. The quantitative estimate of drug-likeness (QED) is 0.578. The summed E-state index contributed by atoms with van der Waals surface area (Å²) in [6.07, 6.45) is 3.88. The zero-order chi connectivity index (χ0) is 16.4. The highest BCUT2D eigenvalue weighted by Gasteiger charge is 2.26. The van der Waals surface area contributed by atoms with Crippen LogP contribution in [0.3, 0.4) is 0 Å². The summed E-state index contributed by atoms with van der Waals surface area (Å²) in [6, 6.07) is 9.16. The molecule has 0 aliphatic heterocycles. The SMILES string of the molecule is CCCCC(C)=C=CC(C(=O)OCC)C(O)c1ccccc1. The van der Waals surface area contributed by atoms with Gasteiger partial charge in [-0.3, -0.25) is 4.79 Å². The molecule has 2 atom stereocenters. The highest BCUT2D eigenvalue weighted by atomic mass is 16.5. The van der Waals surface area contributed by atoms with E-state index in [1.165, 1.54) is 0 Å². The van der Waals surface area contributed by atoms with Crippen LogP contribution in [0.15, 0.2) is 47.7 Å². The van der Waals surface area contributed by atoms with Gasteiger partial charge in [0, 0.05) is 0 Å². The summed E-state index contributed by atoms with van der Waals surface area (Å²) in [5.41, 5.74) is 4.92. The van der Waals surface area contributed by atoms with Gasteiger partial charge < -0.3 is 9.84 Å². The summed E-state index contributed by atoms with van der Waals surface area (Å²) in [5, 5.41) is 10.5. The number of rotatable bonds is 8. The molecule has 0 bridgehead atoms. The van der Waals surface area contributed by atoms with Crippen molar-refractivity contribution in [3.05, 3.63) is 53.3 Å². The van der Waals surface area contributed by atoms with Crippen molar-refractivity contribution in [1.29, 1.82) is 0 Å². The number of hydrogen-bond acceptors (Lipinski definition) is 3. The van der Waals surface area contributed by atoms with Crippen molar-refractivity contribution in [3.63, 3.8) is 0 Å². The minimum absolute atomic E-state index is 0.295. The van der Waals surface area contributed by atoms with Crippen molar-refractivity contribution < 1.29 is 14.6 Å². The summed E-state index contributed by atoms with van der Waals surface area (Å²) in [6.45, 7) is 6.18. The van der Waals surface area contributed by atoms with Crippen LogP contribution in [-0.4, -0.2) is 17.7 Å². The van der Waals surface area contributed by atoms with E-state index in [4.69, 9.17) is 4.74 Å². The van der Waals surface area contributed by atoms with E-state index in [1.54, 1.807) is 25.1 Å². The number of aliphatic hydroxyl groups excluding tert-OH is 1. The van der Waals surface area contributed by atoms with Crippen molar-refractivity contribution in [2.75, 3.05) is 6.61 Å². The van der Waals surface area contributed by atoms with Crippen molar-refractivity contribution in [2.24, 2.45) is 5.92 Å². The molecule has 22 heavy (non-hydrogen) atoms. The highest BCUT2D eigenvalue weighted by molar-refractivity contribution is 5.75. The molecule has 0 saturated heterocycles. The van der Waals surface area contributed by atoms with E-state index >= 15 is 0 Å². The Labute approximate surface area is 133 Å². The summed E-state index contributed by atoms with van der Waals surface area (Å²) in [7, 11) is 0. The summed E-state index contributed by atoms with van der Waals surface area (Å²) >= 11 is 0. The third-order valence-electron chi connectivity index (χ3n) is 3.45. The monoisotopic (exact) mass is 302 g/mol. The standard InChI is InChI=1S/C19H26O3/c1-4-6-10-15(3)13-14-17(19(21)22-5-2)18(20)16-11-8-7-9-12-16/h7-9,11-12,14,17-18,20H,4-6,10H2,1-3H3. The van der Waals surface area contributed by atoms with E-state index in [9.17, 15) is 9.90 Å². The third-order valence-corrected chi connectivity index (χ3v) is 3.45. The molecule has 0 saturated carbocycles. The van der Waals surface area contributed by atoms with E-state index < -0.39 is 18.0 Å². The number of ether oxygens (including phenoxy) is 1. The van der Waals surface area contributed by atoms with Crippen LogP contribution in [0.25, 0.3) is 0 Å². The van der Waals surface area contributed by atoms with Crippen molar-refractivity contribution in [3.8, 4) is 0 Å². The number of esters is 1.